The fourth-order valence-electron chi connectivity index (χ4n) is 1.82. The van der Waals surface area contributed by atoms with E-state index in [2.05, 4.69) is 59.1 Å². The third kappa shape index (κ3) is 3.77. The van der Waals surface area contributed by atoms with E-state index >= 15 is 0 Å². The lowest BCUT2D eigenvalue weighted by Gasteiger charge is -2.17. The van der Waals surface area contributed by atoms with Gasteiger partial charge in [0, 0.05) is 14.6 Å². The minimum atomic E-state index is 0.174. The van der Waals surface area contributed by atoms with Gasteiger partial charge in [0.15, 0.2) is 0 Å². The van der Waals surface area contributed by atoms with E-state index in [1.807, 2.05) is 19.1 Å². The number of aryl methyl sites for hydroxylation is 1. The summed E-state index contributed by atoms with van der Waals surface area (Å²) in [5.41, 5.74) is 3.07. The van der Waals surface area contributed by atoms with Crippen LogP contribution in [0, 0.1) is 10.5 Å². The number of hydrogen-bond acceptors (Lipinski definition) is 1. The highest BCUT2D eigenvalue weighted by molar-refractivity contribution is 14.1. The molecule has 2 rings (SSSR count). The zero-order valence-electron chi connectivity index (χ0n) is 10.7. The molecular formula is C15H14Cl2IN. The Morgan fingerprint density at radius 2 is 1.68 bits per heavy atom. The first-order valence-corrected chi connectivity index (χ1v) is 7.78. The molecule has 0 spiro atoms. The normalized spacial score (nSPS) is 12.3. The molecule has 4 heteroatoms. The molecule has 1 nitrogen and oxygen atoms in total. The summed E-state index contributed by atoms with van der Waals surface area (Å²) >= 11 is 14.7. The first-order chi connectivity index (χ1) is 8.97. The molecule has 0 aliphatic heterocycles. The van der Waals surface area contributed by atoms with Crippen LogP contribution in [-0.4, -0.2) is 0 Å². The standard InChI is InChI=1S/C15H14Cl2IN/c1-9-7-14(17)15(8-13(9)16)19-10(2)11-3-5-12(18)6-4-11/h3-8,10,19H,1-2H3. The van der Waals surface area contributed by atoms with Gasteiger partial charge in [-0.05, 0) is 71.8 Å². The topological polar surface area (TPSA) is 12.0 Å². The molecule has 0 radical (unpaired) electrons. The van der Waals surface area contributed by atoms with Gasteiger partial charge in [0.25, 0.3) is 0 Å². The van der Waals surface area contributed by atoms with Crippen molar-refractivity contribution in [3.8, 4) is 0 Å². The molecular weight excluding hydrogens is 392 g/mol. The molecule has 0 aliphatic carbocycles. The van der Waals surface area contributed by atoms with Gasteiger partial charge in [0.1, 0.15) is 0 Å². The lowest BCUT2D eigenvalue weighted by molar-refractivity contribution is 0.884. The van der Waals surface area contributed by atoms with Crippen molar-refractivity contribution in [3.05, 3.63) is 61.1 Å². The molecule has 0 aliphatic rings. The first kappa shape index (κ1) is 14.9. The van der Waals surface area contributed by atoms with Gasteiger partial charge in [-0.15, -0.1) is 0 Å². The Bertz CT molecular complexity index is 581. The van der Waals surface area contributed by atoms with Crippen molar-refractivity contribution >= 4 is 51.5 Å². The number of nitrogens with one attached hydrogen (secondary N) is 1. The zero-order valence-corrected chi connectivity index (χ0v) is 14.3. The van der Waals surface area contributed by atoms with E-state index < -0.39 is 0 Å². The second-order valence-corrected chi connectivity index (χ2v) is 6.56. The second-order valence-electron chi connectivity index (χ2n) is 4.50. The summed E-state index contributed by atoms with van der Waals surface area (Å²) < 4.78 is 1.23. The fraction of sp³-hybridized carbons (Fsp3) is 0.200. The molecule has 0 amide bonds. The third-order valence-corrected chi connectivity index (χ3v) is 4.43. The van der Waals surface area contributed by atoms with Gasteiger partial charge in [-0.25, -0.2) is 0 Å². The third-order valence-electron chi connectivity index (χ3n) is 2.99. The highest BCUT2D eigenvalue weighted by Crippen LogP contribution is 2.31. The van der Waals surface area contributed by atoms with E-state index in [0.29, 0.717) is 5.02 Å². The van der Waals surface area contributed by atoms with Crippen molar-refractivity contribution in [2.45, 2.75) is 19.9 Å². The van der Waals surface area contributed by atoms with E-state index in [1.54, 1.807) is 0 Å². The van der Waals surface area contributed by atoms with Crippen LogP contribution in [0.5, 0.6) is 0 Å². The smallest absolute Gasteiger partial charge is 0.0641 e. The van der Waals surface area contributed by atoms with Crippen LogP contribution in [0.15, 0.2) is 36.4 Å². The van der Waals surface area contributed by atoms with Crippen LogP contribution in [0.4, 0.5) is 5.69 Å². The van der Waals surface area contributed by atoms with Crippen LogP contribution in [0.1, 0.15) is 24.1 Å². The van der Waals surface area contributed by atoms with Crippen molar-refractivity contribution in [1.82, 2.24) is 0 Å². The number of halogens is 3. The minimum absolute atomic E-state index is 0.174. The molecule has 2 aromatic rings. The highest BCUT2D eigenvalue weighted by atomic mass is 127. The Morgan fingerprint density at radius 3 is 2.32 bits per heavy atom. The van der Waals surface area contributed by atoms with Crippen molar-refractivity contribution < 1.29 is 0 Å². The molecule has 2 aromatic carbocycles. The van der Waals surface area contributed by atoms with E-state index in [4.69, 9.17) is 23.2 Å². The molecule has 0 bridgehead atoms. The van der Waals surface area contributed by atoms with E-state index in [-0.39, 0.29) is 6.04 Å². The maximum atomic E-state index is 6.24. The first-order valence-electron chi connectivity index (χ1n) is 5.95. The molecule has 0 fully saturated rings. The molecule has 1 N–H and O–H groups in total. The van der Waals surface area contributed by atoms with E-state index in [0.717, 1.165) is 16.3 Å². The Kier molecular flexibility index (Phi) is 4.98. The summed E-state index contributed by atoms with van der Waals surface area (Å²) in [4.78, 5) is 0. The highest BCUT2D eigenvalue weighted by Gasteiger charge is 2.09. The van der Waals surface area contributed by atoms with Crippen molar-refractivity contribution in [3.63, 3.8) is 0 Å². The number of hydrogen-bond donors (Lipinski definition) is 1. The lowest BCUT2D eigenvalue weighted by atomic mass is 10.1. The molecule has 0 heterocycles. The van der Waals surface area contributed by atoms with Crippen LogP contribution in [0.2, 0.25) is 10.0 Å². The number of anilines is 1. The van der Waals surface area contributed by atoms with Crippen LogP contribution in [0.3, 0.4) is 0 Å². The monoisotopic (exact) mass is 405 g/mol. The van der Waals surface area contributed by atoms with E-state index in [1.165, 1.54) is 9.13 Å². The summed E-state index contributed by atoms with van der Waals surface area (Å²) in [7, 11) is 0. The van der Waals surface area contributed by atoms with Gasteiger partial charge < -0.3 is 5.32 Å². The Hall–Kier alpha value is -0.450. The summed E-state index contributed by atoms with van der Waals surface area (Å²) in [5, 5.41) is 4.81. The van der Waals surface area contributed by atoms with Crippen molar-refractivity contribution in [1.29, 1.82) is 0 Å². The van der Waals surface area contributed by atoms with Crippen molar-refractivity contribution in [2.24, 2.45) is 0 Å². The maximum absolute atomic E-state index is 6.24. The van der Waals surface area contributed by atoms with Crippen molar-refractivity contribution in [2.75, 3.05) is 5.32 Å². The maximum Gasteiger partial charge on any atom is 0.0641 e. The molecule has 0 aromatic heterocycles. The van der Waals surface area contributed by atoms with Crippen LogP contribution in [-0.2, 0) is 0 Å². The predicted molar refractivity (Wildman–Crippen MR) is 92.4 cm³/mol. The summed E-state index contributed by atoms with van der Waals surface area (Å²) in [6.45, 7) is 4.05. The predicted octanol–water partition coefficient (Wildman–Crippen LogP) is 6.08. The summed E-state index contributed by atoms with van der Waals surface area (Å²) in [6.07, 6.45) is 0. The number of benzene rings is 2. The van der Waals surface area contributed by atoms with E-state index in [9.17, 15) is 0 Å². The Labute approximate surface area is 137 Å². The van der Waals surface area contributed by atoms with Gasteiger partial charge >= 0.3 is 0 Å². The van der Waals surface area contributed by atoms with Gasteiger partial charge in [0.05, 0.1) is 10.7 Å². The molecule has 19 heavy (non-hydrogen) atoms. The molecule has 1 atom stereocenters. The van der Waals surface area contributed by atoms with Gasteiger partial charge in [0.2, 0.25) is 0 Å². The van der Waals surface area contributed by atoms with Gasteiger partial charge in [-0.2, -0.15) is 0 Å². The second kappa shape index (κ2) is 6.33. The van der Waals surface area contributed by atoms with Gasteiger partial charge in [-0.3, -0.25) is 0 Å². The Balaban J connectivity index is 2.21. The molecule has 1 unspecified atom stereocenters. The van der Waals surface area contributed by atoms with Crippen LogP contribution in [0.25, 0.3) is 0 Å². The quantitative estimate of drug-likeness (QED) is 0.610. The molecule has 100 valence electrons. The summed E-state index contributed by atoms with van der Waals surface area (Å²) in [6, 6.07) is 12.4. The minimum Gasteiger partial charge on any atom is -0.377 e. The summed E-state index contributed by atoms with van der Waals surface area (Å²) in [5.74, 6) is 0. The number of rotatable bonds is 3. The molecule has 0 saturated heterocycles. The fourth-order valence-corrected chi connectivity index (χ4v) is 2.62. The average molecular weight is 406 g/mol. The van der Waals surface area contributed by atoms with Crippen LogP contribution < -0.4 is 5.32 Å². The van der Waals surface area contributed by atoms with Gasteiger partial charge in [-0.1, -0.05) is 35.3 Å². The lowest BCUT2D eigenvalue weighted by Crippen LogP contribution is -2.07. The van der Waals surface area contributed by atoms with Crippen LogP contribution >= 0.6 is 45.8 Å². The Morgan fingerprint density at radius 1 is 1.05 bits per heavy atom. The molecule has 0 saturated carbocycles. The SMILES string of the molecule is Cc1cc(Cl)c(NC(C)c2ccc(I)cc2)cc1Cl. The largest absolute Gasteiger partial charge is 0.377 e. The average Bonchev–Trinajstić information content (AvgIpc) is 2.36. The zero-order chi connectivity index (χ0) is 14.0.